The minimum absolute atomic E-state index is 0.0758. The molecule has 3 saturated heterocycles. The number of thioether (sulfide) groups is 1. The SMILES string of the molecule is C=CCCOC(=O)[C@H]1[C@@H]2SC3(CC2Br)C(C(=O)N(CC=C)c2c(C)cccc2Cl)N([C@H](C)CO)C(=O)[C@H]13. The molecule has 37 heavy (non-hydrogen) atoms. The summed E-state index contributed by atoms with van der Waals surface area (Å²) in [5.41, 5.74) is 1.37. The Hall–Kier alpha value is -1.81. The van der Waals surface area contributed by atoms with Crippen LogP contribution in [-0.2, 0) is 19.1 Å². The van der Waals surface area contributed by atoms with Crippen LogP contribution in [0.1, 0.15) is 25.3 Å². The van der Waals surface area contributed by atoms with Crippen LogP contribution in [-0.4, -0.2) is 74.5 Å². The van der Waals surface area contributed by atoms with Gasteiger partial charge in [0.15, 0.2) is 0 Å². The first-order chi connectivity index (χ1) is 17.6. The predicted octanol–water partition coefficient (Wildman–Crippen LogP) is 4.13. The van der Waals surface area contributed by atoms with Crippen LogP contribution in [0.5, 0.6) is 0 Å². The fraction of sp³-hybridized carbons (Fsp3) is 0.519. The lowest BCUT2D eigenvalue weighted by Crippen LogP contribution is -2.57. The Balaban J connectivity index is 1.81. The molecule has 1 aromatic rings. The van der Waals surface area contributed by atoms with Crippen molar-refractivity contribution in [1.29, 1.82) is 0 Å². The maximum absolute atomic E-state index is 14.5. The standard InChI is InChI=1S/C27H32BrClN2O5S/c1-5-7-12-36-26(35)19-20-24(33)31(16(4)14-32)23(27(20)13-17(28)22(19)37-27)25(34)30(11-6-2)21-15(3)9-8-10-18(21)29/h5-6,8-10,16-17,19-20,22-23,32H,1-2,7,11-14H2,3-4H3/t16-,17?,19-,20+,22-,23?,27?/m1/s1. The van der Waals surface area contributed by atoms with Crippen molar-refractivity contribution in [2.45, 2.75) is 53.6 Å². The number of anilines is 1. The van der Waals surface area contributed by atoms with Gasteiger partial charge in [0.25, 0.3) is 5.91 Å². The van der Waals surface area contributed by atoms with Gasteiger partial charge in [0.05, 0.1) is 46.5 Å². The number of carbonyl (C=O) groups is 3. The number of esters is 1. The van der Waals surface area contributed by atoms with E-state index in [-0.39, 0.29) is 41.6 Å². The quantitative estimate of drug-likeness (QED) is 0.185. The van der Waals surface area contributed by atoms with E-state index >= 15 is 0 Å². The normalized spacial score (nSPS) is 30.7. The average molecular weight is 612 g/mol. The largest absolute Gasteiger partial charge is 0.465 e. The summed E-state index contributed by atoms with van der Waals surface area (Å²) in [5, 5.41) is 10.3. The van der Waals surface area contributed by atoms with E-state index in [0.29, 0.717) is 23.6 Å². The molecular weight excluding hydrogens is 580 g/mol. The molecule has 2 amide bonds. The second kappa shape index (κ2) is 11.1. The smallest absolute Gasteiger partial charge is 0.310 e. The zero-order chi connectivity index (χ0) is 27.1. The van der Waals surface area contributed by atoms with Crippen LogP contribution in [0, 0.1) is 18.8 Å². The van der Waals surface area contributed by atoms with Crippen molar-refractivity contribution >= 4 is 62.8 Å². The Kier molecular flexibility index (Phi) is 8.48. The van der Waals surface area contributed by atoms with E-state index < -0.39 is 34.6 Å². The number of nitrogens with zero attached hydrogens (tertiary/aromatic N) is 2. The Labute approximate surface area is 235 Å². The van der Waals surface area contributed by atoms with E-state index in [0.717, 1.165) is 5.56 Å². The highest BCUT2D eigenvalue weighted by Crippen LogP contribution is 2.68. The summed E-state index contributed by atoms with van der Waals surface area (Å²) >= 11 is 11.8. The van der Waals surface area contributed by atoms with Gasteiger partial charge in [-0.2, -0.15) is 0 Å². The Bertz CT molecular complexity index is 1100. The molecule has 0 saturated carbocycles. The number of hydrogen-bond acceptors (Lipinski definition) is 6. The molecule has 7 atom stereocenters. The number of fused-ring (bicyclic) bond motifs is 1. The summed E-state index contributed by atoms with van der Waals surface area (Å²) in [4.78, 5) is 44.8. The van der Waals surface area contributed by atoms with Crippen molar-refractivity contribution < 1.29 is 24.2 Å². The number of ether oxygens (including phenoxy) is 1. The van der Waals surface area contributed by atoms with E-state index in [4.69, 9.17) is 16.3 Å². The van der Waals surface area contributed by atoms with Gasteiger partial charge in [-0.1, -0.05) is 51.8 Å². The van der Waals surface area contributed by atoms with Gasteiger partial charge >= 0.3 is 5.97 Å². The number of para-hydroxylation sites is 1. The summed E-state index contributed by atoms with van der Waals surface area (Å²) in [6.45, 7) is 11.2. The zero-order valence-corrected chi connectivity index (χ0v) is 24.1. The van der Waals surface area contributed by atoms with Crippen LogP contribution in [0.25, 0.3) is 0 Å². The van der Waals surface area contributed by atoms with Gasteiger partial charge in [-0.15, -0.1) is 24.9 Å². The highest BCUT2D eigenvalue weighted by atomic mass is 79.9. The summed E-state index contributed by atoms with van der Waals surface area (Å²) in [6, 6.07) is 3.90. The second-order valence-corrected chi connectivity index (χ2v) is 13.0. The van der Waals surface area contributed by atoms with E-state index in [1.807, 2.05) is 19.1 Å². The van der Waals surface area contributed by atoms with Crippen molar-refractivity contribution in [2.75, 3.05) is 24.7 Å². The predicted molar refractivity (Wildman–Crippen MR) is 150 cm³/mol. The third-order valence-corrected chi connectivity index (χ3v) is 11.1. The highest BCUT2D eigenvalue weighted by molar-refractivity contribution is 9.09. The first-order valence-corrected chi connectivity index (χ1v) is 14.5. The van der Waals surface area contributed by atoms with Gasteiger partial charge in [-0.3, -0.25) is 14.4 Å². The van der Waals surface area contributed by atoms with Crippen molar-refractivity contribution in [3.8, 4) is 0 Å². The number of amides is 2. The molecule has 3 aliphatic heterocycles. The molecule has 1 N–H and O–H groups in total. The number of likely N-dealkylation sites (tertiary alicyclic amines) is 1. The minimum atomic E-state index is -0.899. The Morgan fingerprint density at radius 1 is 1.41 bits per heavy atom. The van der Waals surface area contributed by atoms with Crippen LogP contribution < -0.4 is 4.90 Å². The van der Waals surface area contributed by atoms with E-state index in [1.165, 1.54) is 16.7 Å². The van der Waals surface area contributed by atoms with Crippen molar-refractivity contribution in [1.82, 2.24) is 4.90 Å². The lowest BCUT2D eigenvalue weighted by Gasteiger charge is -2.39. The minimum Gasteiger partial charge on any atom is -0.465 e. The Morgan fingerprint density at radius 3 is 2.76 bits per heavy atom. The third kappa shape index (κ3) is 4.56. The monoisotopic (exact) mass is 610 g/mol. The molecule has 3 aliphatic rings. The second-order valence-electron chi connectivity index (χ2n) is 9.83. The number of benzene rings is 1. The molecule has 10 heteroatoms. The fourth-order valence-electron chi connectivity index (χ4n) is 6.05. The molecule has 0 aromatic heterocycles. The van der Waals surface area contributed by atoms with Crippen LogP contribution >= 0.6 is 39.3 Å². The van der Waals surface area contributed by atoms with E-state index in [2.05, 4.69) is 29.1 Å². The number of carbonyl (C=O) groups excluding carboxylic acids is 3. The molecule has 4 rings (SSSR count). The first kappa shape index (κ1) is 28.2. The van der Waals surface area contributed by atoms with Crippen LogP contribution in [0.4, 0.5) is 5.69 Å². The number of aliphatic hydroxyl groups is 1. The number of aliphatic hydroxyl groups excluding tert-OH is 1. The lowest BCUT2D eigenvalue weighted by atomic mass is 9.71. The lowest BCUT2D eigenvalue weighted by molar-refractivity contribution is -0.154. The van der Waals surface area contributed by atoms with Gasteiger partial charge < -0.3 is 19.6 Å². The fourth-order valence-corrected chi connectivity index (χ4v) is 9.96. The molecule has 1 spiro atoms. The van der Waals surface area contributed by atoms with Gasteiger partial charge in [0, 0.05) is 16.6 Å². The molecule has 1 aromatic carbocycles. The van der Waals surface area contributed by atoms with Gasteiger partial charge in [-0.05, 0) is 38.3 Å². The third-order valence-electron chi connectivity index (χ3n) is 7.57. The molecule has 3 heterocycles. The average Bonchev–Trinajstić information content (AvgIpc) is 3.46. The van der Waals surface area contributed by atoms with Crippen LogP contribution in [0.2, 0.25) is 5.02 Å². The zero-order valence-electron chi connectivity index (χ0n) is 20.9. The molecule has 200 valence electrons. The maximum atomic E-state index is 14.5. The Morgan fingerprint density at radius 2 is 2.14 bits per heavy atom. The topological polar surface area (TPSA) is 87.2 Å². The van der Waals surface area contributed by atoms with Crippen molar-refractivity contribution in [2.24, 2.45) is 11.8 Å². The molecule has 7 nitrogen and oxygen atoms in total. The molecule has 0 aliphatic carbocycles. The van der Waals surface area contributed by atoms with Crippen molar-refractivity contribution in [3.05, 3.63) is 54.1 Å². The van der Waals surface area contributed by atoms with Gasteiger partial charge in [-0.25, -0.2) is 0 Å². The van der Waals surface area contributed by atoms with Crippen LogP contribution in [0.15, 0.2) is 43.5 Å². The van der Waals surface area contributed by atoms with Crippen LogP contribution in [0.3, 0.4) is 0 Å². The number of rotatable bonds is 10. The van der Waals surface area contributed by atoms with Gasteiger partial charge in [0.2, 0.25) is 5.91 Å². The molecular formula is C27H32BrClN2O5S. The molecule has 3 fully saturated rings. The summed E-state index contributed by atoms with van der Waals surface area (Å²) in [7, 11) is 0. The number of aryl methyl sites for hydroxylation is 1. The molecule has 0 radical (unpaired) electrons. The number of halogens is 2. The first-order valence-electron chi connectivity index (χ1n) is 12.3. The maximum Gasteiger partial charge on any atom is 0.310 e. The summed E-state index contributed by atoms with van der Waals surface area (Å²) in [6.07, 6.45) is 4.34. The van der Waals surface area contributed by atoms with E-state index in [9.17, 15) is 19.5 Å². The molecule has 2 bridgehead atoms. The van der Waals surface area contributed by atoms with Crippen molar-refractivity contribution in [3.63, 3.8) is 0 Å². The van der Waals surface area contributed by atoms with E-state index in [1.54, 1.807) is 30.0 Å². The number of hydrogen-bond donors (Lipinski definition) is 1. The van der Waals surface area contributed by atoms with Gasteiger partial charge in [0.1, 0.15) is 6.04 Å². The highest BCUT2D eigenvalue weighted by Gasteiger charge is 2.76. The summed E-state index contributed by atoms with van der Waals surface area (Å²) in [5.74, 6) is -2.46. The molecule has 3 unspecified atom stereocenters. The number of alkyl halides is 1. The summed E-state index contributed by atoms with van der Waals surface area (Å²) < 4.78 is 4.68.